The molecular formula is C9H9BN2O5. The molecule has 1 aromatic rings. The molecule has 1 amide bonds. The van der Waals surface area contributed by atoms with Crippen LogP contribution >= 0.6 is 0 Å². The lowest BCUT2D eigenvalue weighted by Crippen LogP contribution is -2.30. The van der Waals surface area contributed by atoms with Crippen LogP contribution in [0.2, 0.25) is 0 Å². The molecular weight excluding hydrogens is 227 g/mol. The Morgan fingerprint density at radius 1 is 1.53 bits per heavy atom. The predicted molar refractivity (Wildman–Crippen MR) is 61.7 cm³/mol. The topological polar surface area (TPSA) is 113 Å². The van der Waals surface area contributed by atoms with Gasteiger partial charge in [-0.1, -0.05) is 12.6 Å². The van der Waals surface area contributed by atoms with E-state index in [2.05, 4.69) is 11.9 Å². The first kappa shape index (κ1) is 12.9. The maximum absolute atomic E-state index is 11.0. The summed E-state index contributed by atoms with van der Waals surface area (Å²) < 4.78 is 0. The first-order valence-electron chi connectivity index (χ1n) is 4.53. The zero-order chi connectivity index (χ0) is 13.0. The van der Waals surface area contributed by atoms with E-state index in [1.165, 1.54) is 12.1 Å². The Hall–Kier alpha value is -2.19. The number of carbonyl (C=O) groups excluding carboxylic acids is 1. The van der Waals surface area contributed by atoms with Crippen molar-refractivity contribution in [3.63, 3.8) is 0 Å². The zero-order valence-electron chi connectivity index (χ0n) is 8.66. The Labute approximate surface area is 96.7 Å². The lowest BCUT2D eigenvalue weighted by Gasteiger charge is -2.05. The molecule has 0 heterocycles. The summed E-state index contributed by atoms with van der Waals surface area (Å²) in [5.74, 6) is -0.592. The second-order valence-electron chi connectivity index (χ2n) is 3.10. The van der Waals surface area contributed by atoms with Gasteiger partial charge in [0.25, 0.3) is 5.69 Å². The van der Waals surface area contributed by atoms with Crippen molar-refractivity contribution < 1.29 is 19.8 Å². The van der Waals surface area contributed by atoms with Crippen molar-refractivity contribution in [2.24, 2.45) is 0 Å². The quantitative estimate of drug-likeness (QED) is 0.279. The van der Waals surface area contributed by atoms with E-state index in [1.54, 1.807) is 0 Å². The van der Waals surface area contributed by atoms with Gasteiger partial charge >= 0.3 is 7.12 Å². The van der Waals surface area contributed by atoms with Crippen molar-refractivity contribution in [1.29, 1.82) is 0 Å². The molecule has 0 saturated carbocycles. The van der Waals surface area contributed by atoms with Gasteiger partial charge in [-0.05, 0) is 17.6 Å². The number of anilines is 1. The highest BCUT2D eigenvalue weighted by Gasteiger charge is 2.20. The highest BCUT2D eigenvalue weighted by molar-refractivity contribution is 6.58. The Kier molecular flexibility index (Phi) is 3.97. The fourth-order valence-electron chi connectivity index (χ4n) is 1.15. The van der Waals surface area contributed by atoms with Crippen molar-refractivity contribution in [2.45, 2.75) is 0 Å². The van der Waals surface area contributed by atoms with Gasteiger partial charge in [0.05, 0.1) is 4.92 Å². The van der Waals surface area contributed by atoms with E-state index in [0.29, 0.717) is 0 Å². The minimum Gasteiger partial charge on any atom is -0.423 e. The number of nitrogens with zero attached hydrogens (tertiary/aromatic N) is 1. The third-order valence-electron chi connectivity index (χ3n) is 1.96. The number of rotatable bonds is 4. The summed E-state index contributed by atoms with van der Waals surface area (Å²) in [7, 11) is -1.81. The first-order valence-corrected chi connectivity index (χ1v) is 4.53. The molecule has 0 radical (unpaired) electrons. The summed E-state index contributed by atoms with van der Waals surface area (Å²) in [6.45, 7) is 3.22. The lowest BCUT2D eigenvalue weighted by atomic mass is 9.80. The monoisotopic (exact) mass is 236 g/mol. The molecule has 0 spiro atoms. The molecule has 7 nitrogen and oxygen atoms in total. The molecule has 8 heteroatoms. The Morgan fingerprint density at radius 2 is 2.18 bits per heavy atom. The van der Waals surface area contributed by atoms with Crippen molar-refractivity contribution >= 4 is 29.9 Å². The summed E-state index contributed by atoms with van der Waals surface area (Å²) in [6.07, 6.45) is 0.971. The van der Waals surface area contributed by atoms with Crippen LogP contribution in [0, 0.1) is 10.1 Å². The summed E-state index contributed by atoms with van der Waals surface area (Å²) in [5.41, 5.74) is -0.497. The standard InChI is InChI=1S/C9H9BN2O5/c1-2-9(13)11-7-4-3-6(10(14)15)5-8(7)12(16)17/h2-5,14-15H,1H2,(H,11,13). The fraction of sp³-hybridized carbons (Fsp3) is 0. The molecule has 0 aliphatic carbocycles. The van der Waals surface area contributed by atoms with E-state index >= 15 is 0 Å². The van der Waals surface area contributed by atoms with Gasteiger partial charge in [0, 0.05) is 6.07 Å². The molecule has 88 valence electrons. The van der Waals surface area contributed by atoms with Crippen molar-refractivity contribution in [3.05, 3.63) is 41.0 Å². The minimum absolute atomic E-state index is 0.0340. The van der Waals surface area contributed by atoms with Gasteiger partial charge in [-0.3, -0.25) is 14.9 Å². The molecule has 17 heavy (non-hydrogen) atoms. The normalized spacial score (nSPS) is 9.53. The molecule has 0 fully saturated rings. The number of nitro benzene ring substituents is 1. The van der Waals surface area contributed by atoms with E-state index < -0.39 is 23.6 Å². The van der Waals surface area contributed by atoms with Crippen molar-refractivity contribution in [2.75, 3.05) is 5.32 Å². The van der Waals surface area contributed by atoms with Crippen molar-refractivity contribution in [3.8, 4) is 0 Å². The Morgan fingerprint density at radius 3 is 2.65 bits per heavy atom. The van der Waals surface area contributed by atoms with Crippen LogP contribution in [0.3, 0.4) is 0 Å². The van der Waals surface area contributed by atoms with E-state index in [1.807, 2.05) is 0 Å². The lowest BCUT2D eigenvalue weighted by molar-refractivity contribution is -0.383. The second kappa shape index (κ2) is 5.24. The van der Waals surface area contributed by atoms with Gasteiger partial charge in [-0.15, -0.1) is 0 Å². The summed E-state index contributed by atoms with van der Waals surface area (Å²) in [5, 5.41) is 30.7. The minimum atomic E-state index is -1.81. The first-order chi connectivity index (χ1) is 7.95. The summed E-state index contributed by atoms with van der Waals surface area (Å²) >= 11 is 0. The van der Waals surface area contributed by atoms with Gasteiger partial charge in [-0.25, -0.2) is 0 Å². The molecule has 0 aliphatic heterocycles. The second-order valence-corrected chi connectivity index (χ2v) is 3.10. The van der Waals surface area contributed by atoms with Crippen LogP contribution in [0.25, 0.3) is 0 Å². The van der Waals surface area contributed by atoms with Crippen LogP contribution < -0.4 is 10.8 Å². The van der Waals surface area contributed by atoms with Crippen LogP contribution in [0.15, 0.2) is 30.9 Å². The van der Waals surface area contributed by atoms with Gasteiger partial charge in [-0.2, -0.15) is 0 Å². The van der Waals surface area contributed by atoms with E-state index in [-0.39, 0.29) is 11.2 Å². The summed E-state index contributed by atoms with van der Waals surface area (Å²) in [6, 6.07) is 3.45. The molecule has 1 rings (SSSR count). The van der Waals surface area contributed by atoms with Gasteiger partial charge in [0.15, 0.2) is 0 Å². The maximum atomic E-state index is 11.0. The molecule has 1 aromatic carbocycles. The third-order valence-corrected chi connectivity index (χ3v) is 1.96. The smallest absolute Gasteiger partial charge is 0.423 e. The number of carbonyl (C=O) groups is 1. The number of nitro groups is 1. The SMILES string of the molecule is C=CC(=O)Nc1ccc(B(O)O)cc1[N+](=O)[O-]. The van der Waals surface area contributed by atoms with E-state index in [9.17, 15) is 14.9 Å². The van der Waals surface area contributed by atoms with Crippen LogP contribution in [0.5, 0.6) is 0 Å². The fourth-order valence-corrected chi connectivity index (χ4v) is 1.15. The van der Waals surface area contributed by atoms with Crippen LogP contribution in [0.1, 0.15) is 0 Å². The molecule has 0 atom stereocenters. The molecule has 0 saturated heterocycles. The maximum Gasteiger partial charge on any atom is 0.488 e. The van der Waals surface area contributed by atoms with E-state index in [0.717, 1.165) is 12.1 Å². The van der Waals surface area contributed by atoms with Crippen LogP contribution in [-0.4, -0.2) is 28.0 Å². The highest BCUT2D eigenvalue weighted by Crippen LogP contribution is 2.22. The molecule has 0 unspecified atom stereocenters. The number of hydrogen-bond donors (Lipinski definition) is 3. The third kappa shape index (κ3) is 3.13. The number of amides is 1. The van der Waals surface area contributed by atoms with Crippen LogP contribution in [0.4, 0.5) is 11.4 Å². The number of hydrogen-bond acceptors (Lipinski definition) is 5. The predicted octanol–water partition coefficient (Wildman–Crippen LogP) is -0.601. The van der Waals surface area contributed by atoms with E-state index in [4.69, 9.17) is 10.0 Å². The average molecular weight is 236 g/mol. The van der Waals surface area contributed by atoms with Crippen molar-refractivity contribution in [1.82, 2.24) is 0 Å². The highest BCUT2D eigenvalue weighted by atomic mass is 16.6. The molecule has 0 aromatic heterocycles. The van der Waals surface area contributed by atoms with Crippen LogP contribution in [-0.2, 0) is 4.79 Å². The molecule has 3 N–H and O–H groups in total. The van der Waals surface area contributed by atoms with Gasteiger partial charge in [0.2, 0.25) is 5.91 Å². The number of benzene rings is 1. The number of nitrogens with one attached hydrogen (secondary N) is 1. The largest absolute Gasteiger partial charge is 0.488 e. The molecule has 0 bridgehead atoms. The Balaban J connectivity index is 3.17. The average Bonchev–Trinajstić information content (AvgIpc) is 2.28. The molecule has 0 aliphatic rings. The van der Waals surface area contributed by atoms with Gasteiger partial charge in [0.1, 0.15) is 5.69 Å². The summed E-state index contributed by atoms with van der Waals surface area (Å²) in [4.78, 5) is 21.0. The Bertz CT molecular complexity index is 474. The zero-order valence-corrected chi connectivity index (χ0v) is 8.66. The van der Waals surface area contributed by atoms with Gasteiger partial charge < -0.3 is 15.4 Å².